The van der Waals surface area contributed by atoms with Gasteiger partial charge >= 0.3 is 0 Å². The zero-order valence-electron chi connectivity index (χ0n) is 17.1. The van der Waals surface area contributed by atoms with Crippen LogP contribution in [0.1, 0.15) is 34.1 Å². The summed E-state index contributed by atoms with van der Waals surface area (Å²) < 4.78 is 10.1. The average molecular weight is 381 g/mol. The van der Waals surface area contributed by atoms with E-state index in [1.165, 1.54) is 0 Å². The van der Waals surface area contributed by atoms with Gasteiger partial charge in [0.05, 0.1) is 22.6 Å². The highest BCUT2D eigenvalue weighted by molar-refractivity contribution is 5.89. The van der Waals surface area contributed by atoms with E-state index < -0.39 is 0 Å². The molecule has 3 aromatic rings. The van der Waals surface area contributed by atoms with Crippen LogP contribution in [0, 0.1) is 5.92 Å². The molecule has 7 heteroatoms. The van der Waals surface area contributed by atoms with Crippen molar-refractivity contribution in [1.82, 2.24) is 24.9 Å². The highest BCUT2D eigenvalue weighted by Gasteiger charge is 2.28. The van der Waals surface area contributed by atoms with Gasteiger partial charge in [-0.2, -0.15) is 10.2 Å². The molecule has 1 aromatic carbocycles. The Morgan fingerprint density at radius 3 is 2.68 bits per heavy atom. The molecule has 0 saturated carbocycles. The molecular weight excluding hydrogens is 354 g/mol. The van der Waals surface area contributed by atoms with E-state index >= 15 is 0 Å². The molecule has 1 aliphatic rings. The van der Waals surface area contributed by atoms with Crippen molar-refractivity contribution in [3.63, 3.8) is 0 Å². The Morgan fingerprint density at radius 1 is 1.25 bits per heavy atom. The number of carbonyl (C=O) groups is 1. The van der Waals surface area contributed by atoms with Crippen LogP contribution in [0.2, 0.25) is 0 Å². The Kier molecular flexibility index (Phi) is 4.40. The number of aromatic nitrogens is 4. The molecule has 7 nitrogen and oxygen atoms in total. The number of amides is 1. The smallest absolute Gasteiger partial charge is 0.220 e. The maximum Gasteiger partial charge on any atom is 0.220 e. The first-order valence-corrected chi connectivity index (χ1v) is 9.67. The fourth-order valence-electron chi connectivity index (χ4n) is 3.57. The van der Waals surface area contributed by atoms with Gasteiger partial charge in [-0.1, -0.05) is 0 Å². The van der Waals surface area contributed by atoms with Crippen LogP contribution in [0.25, 0.3) is 22.0 Å². The average Bonchev–Trinajstić information content (AvgIpc) is 3.32. The number of hydrogen-bond acceptors (Lipinski definition) is 4. The first-order valence-electron chi connectivity index (χ1n) is 9.67. The lowest BCUT2D eigenvalue weighted by Gasteiger charge is -2.20. The Bertz CT molecular complexity index is 1030. The first kappa shape index (κ1) is 18.5. The number of hydrogen-bond donors (Lipinski definition) is 1. The molecule has 3 heterocycles. The van der Waals surface area contributed by atoms with Gasteiger partial charge in [-0.15, -0.1) is 0 Å². The lowest BCUT2D eigenvalue weighted by molar-refractivity contribution is -0.119. The second kappa shape index (κ2) is 6.65. The molecule has 2 aromatic heterocycles. The van der Waals surface area contributed by atoms with E-state index in [4.69, 9.17) is 4.74 Å². The summed E-state index contributed by atoms with van der Waals surface area (Å²) >= 11 is 0. The Labute approximate surface area is 164 Å². The van der Waals surface area contributed by atoms with Crippen molar-refractivity contribution in [2.45, 2.75) is 45.8 Å². The van der Waals surface area contributed by atoms with E-state index in [0.717, 1.165) is 27.8 Å². The zero-order chi connectivity index (χ0) is 20.1. The van der Waals surface area contributed by atoms with Gasteiger partial charge in [0.25, 0.3) is 0 Å². The molecular formula is C21H27N5O2. The number of aryl methyl sites for hydroxylation is 1. The van der Waals surface area contributed by atoms with Gasteiger partial charge in [-0.05, 0) is 45.4 Å². The van der Waals surface area contributed by atoms with Crippen molar-refractivity contribution in [2.75, 3.05) is 6.54 Å². The van der Waals surface area contributed by atoms with Gasteiger partial charge < -0.3 is 10.1 Å². The number of nitrogens with one attached hydrogen (secondary N) is 1. The molecule has 148 valence electrons. The molecule has 1 fully saturated rings. The normalized spacial score (nSPS) is 18.5. The largest absolute Gasteiger partial charge is 0.490 e. The fourth-order valence-corrected chi connectivity index (χ4v) is 3.57. The van der Waals surface area contributed by atoms with E-state index in [-0.39, 0.29) is 23.5 Å². The van der Waals surface area contributed by atoms with Gasteiger partial charge in [0.15, 0.2) is 0 Å². The van der Waals surface area contributed by atoms with Gasteiger partial charge in [0.1, 0.15) is 11.9 Å². The Hall–Kier alpha value is -2.83. The van der Waals surface area contributed by atoms with Gasteiger partial charge in [0.2, 0.25) is 5.91 Å². The van der Waals surface area contributed by atoms with E-state index in [1.54, 1.807) is 4.68 Å². The molecule has 1 N–H and O–H groups in total. The van der Waals surface area contributed by atoms with Crippen molar-refractivity contribution in [3.8, 4) is 16.9 Å². The number of ether oxygens (including phenoxy) is 1. The highest BCUT2D eigenvalue weighted by Crippen LogP contribution is 2.34. The van der Waals surface area contributed by atoms with Crippen LogP contribution in [0.15, 0.2) is 30.7 Å². The summed E-state index contributed by atoms with van der Waals surface area (Å²) in [5.74, 6) is 1.05. The van der Waals surface area contributed by atoms with E-state index in [0.29, 0.717) is 13.0 Å². The SMILES string of the molecule is CC(Oc1cc(-c2cnn(C(C)(C)C)c2)cc2nn(C)cc12)[C@H]1CNC(=O)C1. The predicted molar refractivity (Wildman–Crippen MR) is 108 cm³/mol. The summed E-state index contributed by atoms with van der Waals surface area (Å²) in [7, 11) is 1.91. The summed E-state index contributed by atoms with van der Waals surface area (Å²) in [6, 6.07) is 4.12. The fraction of sp³-hybridized carbons (Fsp3) is 0.476. The number of benzene rings is 1. The molecule has 0 bridgehead atoms. The van der Waals surface area contributed by atoms with E-state index in [2.05, 4.69) is 54.6 Å². The third kappa shape index (κ3) is 3.48. The second-order valence-corrected chi connectivity index (χ2v) is 8.65. The minimum atomic E-state index is -0.0802. The summed E-state index contributed by atoms with van der Waals surface area (Å²) in [5, 5.41) is 12.9. The maximum absolute atomic E-state index is 11.6. The van der Waals surface area contributed by atoms with Crippen LogP contribution in [0.5, 0.6) is 5.75 Å². The van der Waals surface area contributed by atoms with Crippen LogP contribution >= 0.6 is 0 Å². The maximum atomic E-state index is 11.6. The van der Waals surface area contributed by atoms with Gasteiger partial charge in [-0.25, -0.2) is 0 Å². The molecule has 0 spiro atoms. The molecule has 1 amide bonds. The van der Waals surface area contributed by atoms with Crippen molar-refractivity contribution < 1.29 is 9.53 Å². The van der Waals surface area contributed by atoms with Crippen LogP contribution in [0.4, 0.5) is 0 Å². The Balaban J connectivity index is 1.71. The molecule has 1 aliphatic heterocycles. The summed E-state index contributed by atoms with van der Waals surface area (Å²) in [6.45, 7) is 9.06. The highest BCUT2D eigenvalue weighted by atomic mass is 16.5. The summed E-state index contributed by atoms with van der Waals surface area (Å²) in [6.07, 6.45) is 6.33. The first-order chi connectivity index (χ1) is 13.2. The number of carbonyl (C=O) groups excluding carboxylic acids is 1. The molecule has 1 saturated heterocycles. The second-order valence-electron chi connectivity index (χ2n) is 8.65. The predicted octanol–water partition coefficient (Wildman–Crippen LogP) is 3.10. The third-order valence-corrected chi connectivity index (χ3v) is 5.29. The van der Waals surface area contributed by atoms with Crippen LogP contribution in [-0.4, -0.2) is 38.1 Å². The summed E-state index contributed by atoms with van der Waals surface area (Å²) in [5.41, 5.74) is 2.84. The van der Waals surface area contributed by atoms with E-state index in [1.807, 2.05) is 31.0 Å². The molecule has 1 unspecified atom stereocenters. The molecule has 0 aliphatic carbocycles. The van der Waals surface area contributed by atoms with Crippen LogP contribution in [0.3, 0.4) is 0 Å². The topological polar surface area (TPSA) is 74.0 Å². The third-order valence-electron chi connectivity index (χ3n) is 5.29. The van der Waals surface area contributed by atoms with Crippen LogP contribution in [-0.2, 0) is 17.4 Å². The van der Waals surface area contributed by atoms with Crippen molar-refractivity contribution in [1.29, 1.82) is 0 Å². The quantitative estimate of drug-likeness (QED) is 0.754. The lowest BCUT2D eigenvalue weighted by Crippen LogP contribution is -2.25. The molecule has 4 rings (SSSR count). The minimum Gasteiger partial charge on any atom is -0.490 e. The number of fused-ring (bicyclic) bond motifs is 1. The monoisotopic (exact) mass is 381 g/mol. The summed E-state index contributed by atoms with van der Waals surface area (Å²) in [4.78, 5) is 11.6. The minimum absolute atomic E-state index is 0.0742. The van der Waals surface area contributed by atoms with Gasteiger partial charge in [0, 0.05) is 43.9 Å². The molecule has 0 radical (unpaired) electrons. The Morgan fingerprint density at radius 2 is 2.04 bits per heavy atom. The van der Waals surface area contributed by atoms with Crippen molar-refractivity contribution >= 4 is 16.8 Å². The molecule has 28 heavy (non-hydrogen) atoms. The molecule has 2 atom stereocenters. The van der Waals surface area contributed by atoms with Gasteiger partial charge in [-0.3, -0.25) is 14.2 Å². The van der Waals surface area contributed by atoms with Crippen molar-refractivity contribution in [3.05, 3.63) is 30.7 Å². The number of nitrogens with zero attached hydrogens (tertiary/aromatic N) is 4. The lowest BCUT2D eigenvalue weighted by atomic mass is 10.0. The number of rotatable bonds is 4. The zero-order valence-corrected chi connectivity index (χ0v) is 17.1. The van der Waals surface area contributed by atoms with E-state index in [9.17, 15) is 4.79 Å². The van der Waals surface area contributed by atoms with Crippen LogP contribution < -0.4 is 10.1 Å². The van der Waals surface area contributed by atoms with Crippen molar-refractivity contribution in [2.24, 2.45) is 13.0 Å². The standard InChI is InChI=1S/C21H27N5O2/c1-13(15-8-20(27)22-9-15)28-19-7-14(6-18-17(19)12-25(5)24-18)16-10-23-26(11-16)21(2,3)4/h6-7,10-13,15H,8-9H2,1-5H3,(H,22,27)/t13?,15-/m1/s1.